The molecule has 1 amide bonds. The van der Waals surface area contributed by atoms with Gasteiger partial charge < -0.3 is 14.6 Å². The van der Waals surface area contributed by atoms with Gasteiger partial charge in [0.15, 0.2) is 12.4 Å². The fraction of sp³-hybridized carbons (Fsp3) is 0.353. The minimum atomic E-state index is -3.98. The predicted molar refractivity (Wildman–Crippen MR) is 96.6 cm³/mol. The zero-order valence-corrected chi connectivity index (χ0v) is 16.1. The third kappa shape index (κ3) is 5.38. The molecule has 1 aromatic carbocycles. The number of carbonyl (C=O) groups is 2. The van der Waals surface area contributed by atoms with Crippen molar-refractivity contribution < 1.29 is 27.3 Å². The Bertz CT molecular complexity index is 916. The van der Waals surface area contributed by atoms with Crippen molar-refractivity contribution in [3.05, 3.63) is 41.3 Å². The molecule has 0 aliphatic rings. The van der Waals surface area contributed by atoms with Gasteiger partial charge in [0.1, 0.15) is 17.1 Å². The summed E-state index contributed by atoms with van der Waals surface area (Å²) in [6.07, 6.45) is 0.736. The van der Waals surface area contributed by atoms with Gasteiger partial charge in [-0.3, -0.25) is 9.59 Å². The number of aromatic nitrogens is 1. The second-order valence-corrected chi connectivity index (χ2v) is 7.40. The third-order valence-corrected chi connectivity index (χ3v) is 5.32. The number of hydrogen-bond donors (Lipinski definition) is 2. The Hall–Kier alpha value is -2.72. The van der Waals surface area contributed by atoms with E-state index in [1.165, 1.54) is 13.8 Å². The van der Waals surface area contributed by atoms with Crippen LogP contribution in [0.15, 0.2) is 33.7 Å². The van der Waals surface area contributed by atoms with Crippen molar-refractivity contribution in [3.8, 4) is 0 Å². The van der Waals surface area contributed by atoms with Gasteiger partial charge in [-0.15, -0.1) is 0 Å². The van der Waals surface area contributed by atoms with Gasteiger partial charge in [0, 0.05) is 5.69 Å². The fourth-order valence-corrected chi connectivity index (χ4v) is 3.71. The second kappa shape index (κ2) is 8.78. The van der Waals surface area contributed by atoms with Crippen molar-refractivity contribution in [2.45, 2.75) is 32.1 Å². The van der Waals surface area contributed by atoms with E-state index in [-0.39, 0.29) is 16.3 Å². The Labute approximate surface area is 157 Å². The Morgan fingerprint density at radius 2 is 1.93 bits per heavy atom. The lowest BCUT2D eigenvalue weighted by Crippen LogP contribution is -2.32. The molecule has 0 bridgehead atoms. The molecule has 27 heavy (non-hydrogen) atoms. The monoisotopic (exact) mass is 395 g/mol. The van der Waals surface area contributed by atoms with Crippen molar-refractivity contribution in [1.82, 2.24) is 9.88 Å². The predicted octanol–water partition coefficient (Wildman–Crippen LogP) is 1.31. The van der Waals surface area contributed by atoms with Crippen LogP contribution in [0, 0.1) is 13.8 Å². The van der Waals surface area contributed by atoms with E-state index in [9.17, 15) is 18.0 Å². The van der Waals surface area contributed by atoms with Crippen LogP contribution in [0.5, 0.6) is 0 Å². The molecular weight excluding hydrogens is 374 g/mol. The molecule has 0 aliphatic carbocycles. The zero-order chi connectivity index (χ0) is 20.0. The molecule has 1 aromatic heterocycles. The molecule has 2 aromatic rings. The standard InChI is InChI=1S/C17H21N3O6S/c1-4-13-7-5-6-8-14(13)19-15(21)10-25-16(22)9-18-27(23,24)17-11(2)20-26-12(17)3/h5-8,18H,4,9-10H2,1-3H3,(H,19,21). The molecule has 9 nitrogen and oxygen atoms in total. The summed E-state index contributed by atoms with van der Waals surface area (Å²) in [7, 11) is -3.98. The van der Waals surface area contributed by atoms with E-state index in [0.717, 1.165) is 12.0 Å². The van der Waals surface area contributed by atoms with Gasteiger partial charge in [-0.2, -0.15) is 4.72 Å². The molecule has 0 spiro atoms. The van der Waals surface area contributed by atoms with Crippen LogP contribution >= 0.6 is 0 Å². The Morgan fingerprint density at radius 3 is 2.56 bits per heavy atom. The first-order valence-corrected chi connectivity index (χ1v) is 9.68. The normalized spacial score (nSPS) is 11.2. The minimum Gasteiger partial charge on any atom is -0.455 e. The summed E-state index contributed by atoms with van der Waals surface area (Å²) >= 11 is 0. The highest BCUT2D eigenvalue weighted by molar-refractivity contribution is 7.89. The van der Waals surface area contributed by atoms with E-state index < -0.39 is 35.1 Å². The number of aryl methyl sites for hydroxylation is 3. The lowest BCUT2D eigenvalue weighted by atomic mass is 10.1. The molecule has 0 saturated heterocycles. The number of carbonyl (C=O) groups excluding carboxylic acids is 2. The highest BCUT2D eigenvalue weighted by Crippen LogP contribution is 2.18. The molecule has 0 fully saturated rings. The molecule has 0 radical (unpaired) electrons. The van der Waals surface area contributed by atoms with Crippen molar-refractivity contribution >= 4 is 27.6 Å². The molecule has 1 heterocycles. The average Bonchev–Trinajstić information content (AvgIpc) is 2.98. The van der Waals surface area contributed by atoms with E-state index in [4.69, 9.17) is 9.26 Å². The zero-order valence-electron chi connectivity index (χ0n) is 15.2. The Kier molecular flexibility index (Phi) is 6.70. The maximum atomic E-state index is 12.2. The summed E-state index contributed by atoms with van der Waals surface area (Å²) in [5.74, 6) is -1.29. The maximum absolute atomic E-state index is 12.2. The number of rotatable bonds is 8. The molecular formula is C17H21N3O6S. The summed E-state index contributed by atoms with van der Waals surface area (Å²) in [4.78, 5) is 23.5. The number of para-hydroxylation sites is 1. The number of nitrogens with zero attached hydrogens (tertiary/aromatic N) is 1. The van der Waals surface area contributed by atoms with Crippen LogP contribution in [0.4, 0.5) is 5.69 Å². The maximum Gasteiger partial charge on any atom is 0.321 e. The Morgan fingerprint density at radius 1 is 1.22 bits per heavy atom. The highest BCUT2D eigenvalue weighted by atomic mass is 32.2. The highest BCUT2D eigenvalue weighted by Gasteiger charge is 2.25. The molecule has 0 unspecified atom stereocenters. The van der Waals surface area contributed by atoms with Gasteiger partial charge in [-0.05, 0) is 31.9 Å². The molecule has 10 heteroatoms. The van der Waals surface area contributed by atoms with Crippen molar-refractivity contribution in [2.24, 2.45) is 0 Å². The molecule has 2 rings (SSSR count). The van der Waals surface area contributed by atoms with E-state index in [0.29, 0.717) is 5.69 Å². The van der Waals surface area contributed by atoms with Crippen LogP contribution in [0.2, 0.25) is 0 Å². The quantitative estimate of drug-likeness (QED) is 0.645. The molecule has 0 aliphatic heterocycles. The number of nitrogens with one attached hydrogen (secondary N) is 2. The number of amides is 1. The Balaban J connectivity index is 1.85. The first-order valence-electron chi connectivity index (χ1n) is 8.20. The number of anilines is 1. The summed E-state index contributed by atoms with van der Waals surface area (Å²) in [5.41, 5.74) is 1.77. The van der Waals surface area contributed by atoms with Crippen molar-refractivity contribution in [1.29, 1.82) is 0 Å². The van der Waals surface area contributed by atoms with Crippen LogP contribution in [-0.4, -0.2) is 38.6 Å². The smallest absolute Gasteiger partial charge is 0.321 e. The van der Waals surface area contributed by atoms with Gasteiger partial charge in [-0.1, -0.05) is 30.3 Å². The molecule has 0 atom stereocenters. The van der Waals surface area contributed by atoms with Crippen LogP contribution in [-0.2, 0) is 30.8 Å². The largest absolute Gasteiger partial charge is 0.455 e. The fourth-order valence-electron chi connectivity index (χ4n) is 2.42. The van der Waals surface area contributed by atoms with Gasteiger partial charge in [-0.25, -0.2) is 8.42 Å². The third-order valence-electron chi connectivity index (χ3n) is 3.68. The van der Waals surface area contributed by atoms with Crippen LogP contribution in [0.25, 0.3) is 0 Å². The summed E-state index contributed by atoms with van der Waals surface area (Å²) in [6, 6.07) is 7.27. The number of hydrogen-bond acceptors (Lipinski definition) is 7. The lowest BCUT2D eigenvalue weighted by Gasteiger charge is -2.10. The second-order valence-electron chi connectivity index (χ2n) is 5.70. The van der Waals surface area contributed by atoms with E-state index in [2.05, 4.69) is 15.2 Å². The van der Waals surface area contributed by atoms with Crippen molar-refractivity contribution in [3.63, 3.8) is 0 Å². The first kappa shape index (κ1) is 20.6. The van der Waals surface area contributed by atoms with Gasteiger partial charge in [0.2, 0.25) is 10.0 Å². The number of sulfonamides is 1. The number of benzene rings is 1. The van der Waals surface area contributed by atoms with E-state index in [1.54, 1.807) is 12.1 Å². The summed E-state index contributed by atoms with van der Waals surface area (Å²) in [6.45, 7) is 3.73. The average molecular weight is 395 g/mol. The number of ether oxygens (including phenoxy) is 1. The van der Waals surface area contributed by atoms with Crippen LogP contribution < -0.4 is 10.0 Å². The molecule has 146 valence electrons. The summed E-state index contributed by atoms with van der Waals surface area (Å²) < 4.78 is 36.1. The molecule has 2 N–H and O–H groups in total. The van der Waals surface area contributed by atoms with Crippen molar-refractivity contribution in [2.75, 3.05) is 18.5 Å². The van der Waals surface area contributed by atoms with Crippen LogP contribution in [0.1, 0.15) is 23.9 Å². The van der Waals surface area contributed by atoms with E-state index >= 15 is 0 Å². The lowest BCUT2D eigenvalue weighted by molar-refractivity contribution is -0.146. The van der Waals surface area contributed by atoms with Crippen LogP contribution in [0.3, 0.4) is 0 Å². The van der Waals surface area contributed by atoms with Gasteiger partial charge in [0.25, 0.3) is 5.91 Å². The molecule has 0 saturated carbocycles. The van der Waals surface area contributed by atoms with Gasteiger partial charge >= 0.3 is 5.97 Å². The van der Waals surface area contributed by atoms with E-state index in [1.807, 2.05) is 19.1 Å². The SMILES string of the molecule is CCc1ccccc1NC(=O)COC(=O)CNS(=O)(=O)c1c(C)noc1C. The minimum absolute atomic E-state index is 0.113. The summed E-state index contributed by atoms with van der Waals surface area (Å²) in [5, 5.41) is 6.21. The van der Waals surface area contributed by atoms with Gasteiger partial charge in [0.05, 0.1) is 0 Å². The first-order chi connectivity index (χ1) is 12.7. The number of esters is 1. The topological polar surface area (TPSA) is 128 Å².